The van der Waals surface area contributed by atoms with Gasteiger partial charge in [-0.2, -0.15) is 0 Å². The molecule has 12 heteroatoms. The largest absolute Gasteiger partial charge is 0.377 e. The second-order valence-electron chi connectivity index (χ2n) is 7.05. The van der Waals surface area contributed by atoms with Crippen molar-refractivity contribution in [2.45, 2.75) is 25.3 Å². The first-order valence-corrected chi connectivity index (χ1v) is 11.3. The first kappa shape index (κ1) is 23.5. The second kappa shape index (κ2) is 10.9. The summed E-state index contributed by atoms with van der Waals surface area (Å²) in [6.45, 7) is 9.18. The number of likely N-dealkylation sites (tertiary alicyclic amines) is 1. The highest BCUT2D eigenvalue weighted by atomic mass is 32.2. The van der Waals surface area contributed by atoms with Crippen molar-refractivity contribution in [1.82, 2.24) is 25.2 Å². The Balaban J connectivity index is 1.55. The van der Waals surface area contributed by atoms with Gasteiger partial charge in [0.05, 0.1) is 43.9 Å². The zero-order valence-corrected chi connectivity index (χ0v) is 17.8. The van der Waals surface area contributed by atoms with E-state index in [1.165, 1.54) is 6.26 Å². The zero-order chi connectivity index (χ0) is 21.4. The highest BCUT2D eigenvalue weighted by Crippen LogP contribution is 2.17. The molecule has 0 aliphatic carbocycles. The summed E-state index contributed by atoms with van der Waals surface area (Å²) in [4.78, 5) is 13.2. The molecule has 2 rings (SSSR count). The SMILES string of the molecule is [B]c1c(CN2CC(S(C)(=O)=O)C2)nnn1CCOCCOCCNC(=O)C(=C)C. The monoisotopic (exact) mass is 425 g/mol. The smallest absolute Gasteiger partial charge is 0.246 e. The van der Waals surface area contributed by atoms with Gasteiger partial charge in [-0.1, -0.05) is 11.8 Å². The predicted octanol–water partition coefficient (Wildman–Crippen LogP) is -1.97. The van der Waals surface area contributed by atoms with Crippen LogP contribution in [0.15, 0.2) is 12.2 Å². The molecule has 1 aromatic rings. The Morgan fingerprint density at radius 3 is 2.55 bits per heavy atom. The minimum Gasteiger partial charge on any atom is -0.377 e. The van der Waals surface area contributed by atoms with Gasteiger partial charge in [0.2, 0.25) is 5.91 Å². The van der Waals surface area contributed by atoms with Crippen molar-refractivity contribution >= 4 is 29.2 Å². The Labute approximate surface area is 172 Å². The topological polar surface area (TPSA) is 116 Å². The minimum atomic E-state index is -2.99. The fraction of sp³-hybridized carbons (Fsp3) is 0.706. The minimum absolute atomic E-state index is 0.182. The zero-order valence-electron chi connectivity index (χ0n) is 17.0. The molecular formula is C17H28BN5O5S. The molecule has 1 aromatic heterocycles. The fourth-order valence-electron chi connectivity index (χ4n) is 2.63. The number of aromatic nitrogens is 3. The first-order chi connectivity index (χ1) is 13.7. The second-order valence-corrected chi connectivity index (χ2v) is 9.38. The normalized spacial score (nSPS) is 15.2. The van der Waals surface area contributed by atoms with E-state index in [1.807, 2.05) is 4.90 Å². The molecule has 0 spiro atoms. The van der Waals surface area contributed by atoms with Crippen LogP contribution in [-0.4, -0.2) is 99.6 Å². The molecule has 1 aliphatic heterocycles. The van der Waals surface area contributed by atoms with E-state index in [-0.39, 0.29) is 11.2 Å². The molecule has 29 heavy (non-hydrogen) atoms. The third kappa shape index (κ3) is 7.54. The van der Waals surface area contributed by atoms with Gasteiger partial charge in [-0.15, -0.1) is 5.10 Å². The summed E-state index contributed by atoms with van der Waals surface area (Å²) in [6.07, 6.45) is 1.26. The van der Waals surface area contributed by atoms with E-state index in [4.69, 9.17) is 17.3 Å². The van der Waals surface area contributed by atoms with Crippen LogP contribution in [0.3, 0.4) is 0 Å². The molecule has 0 unspecified atom stereocenters. The van der Waals surface area contributed by atoms with Gasteiger partial charge in [0.1, 0.15) is 7.85 Å². The Kier molecular flexibility index (Phi) is 8.81. The maximum Gasteiger partial charge on any atom is 0.246 e. The Hall–Kier alpha value is -1.76. The molecule has 2 radical (unpaired) electrons. The van der Waals surface area contributed by atoms with E-state index in [0.29, 0.717) is 76.0 Å². The van der Waals surface area contributed by atoms with Gasteiger partial charge in [0.25, 0.3) is 0 Å². The number of hydrogen-bond donors (Lipinski definition) is 1. The van der Waals surface area contributed by atoms with Crippen LogP contribution in [0.5, 0.6) is 0 Å². The summed E-state index contributed by atoms with van der Waals surface area (Å²) < 4.78 is 35.3. The number of sulfone groups is 1. The summed E-state index contributed by atoms with van der Waals surface area (Å²) in [5.74, 6) is -0.182. The third-order valence-corrected chi connectivity index (χ3v) is 6.00. The summed E-state index contributed by atoms with van der Waals surface area (Å²) >= 11 is 0. The van der Waals surface area contributed by atoms with Crippen LogP contribution >= 0.6 is 0 Å². The summed E-state index contributed by atoms with van der Waals surface area (Å²) in [5.41, 5.74) is 1.56. The molecule has 0 aromatic carbocycles. The number of nitrogens with zero attached hydrogens (tertiary/aromatic N) is 4. The standard InChI is InChI=1S/C17H28BN5O5S/c1-13(2)17(24)19-4-6-27-8-9-28-7-5-23-16(18)15(20-21-23)12-22-10-14(11-22)29(3,25)26/h14H,1,4-12H2,2-3H3,(H,19,24). The van der Waals surface area contributed by atoms with E-state index >= 15 is 0 Å². The van der Waals surface area contributed by atoms with E-state index in [2.05, 4.69) is 22.2 Å². The number of carbonyl (C=O) groups is 1. The van der Waals surface area contributed by atoms with Gasteiger partial charge in [-0.25, -0.2) is 8.42 Å². The molecule has 1 fully saturated rings. The summed E-state index contributed by atoms with van der Waals surface area (Å²) in [5, 5.41) is 10.5. The average molecular weight is 425 g/mol. The molecular weight excluding hydrogens is 397 g/mol. The lowest BCUT2D eigenvalue weighted by Crippen LogP contribution is -2.54. The third-order valence-electron chi connectivity index (χ3n) is 4.49. The van der Waals surface area contributed by atoms with Crippen LogP contribution in [0, 0.1) is 0 Å². The molecule has 0 bridgehead atoms. The van der Waals surface area contributed by atoms with Gasteiger partial charge in [-0.05, 0) is 6.92 Å². The Morgan fingerprint density at radius 1 is 1.28 bits per heavy atom. The van der Waals surface area contributed by atoms with Crippen molar-refractivity contribution in [2.24, 2.45) is 0 Å². The summed E-state index contributed by atoms with van der Waals surface area (Å²) in [7, 11) is 3.07. The number of amides is 1. The van der Waals surface area contributed by atoms with Crippen molar-refractivity contribution in [1.29, 1.82) is 0 Å². The molecule has 0 saturated carbocycles. The van der Waals surface area contributed by atoms with Crippen molar-refractivity contribution in [2.75, 3.05) is 52.3 Å². The van der Waals surface area contributed by atoms with Crippen LogP contribution in [0.2, 0.25) is 0 Å². The molecule has 1 N–H and O–H groups in total. The quantitative estimate of drug-likeness (QED) is 0.220. The van der Waals surface area contributed by atoms with Crippen molar-refractivity contribution < 1.29 is 22.7 Å². The molecule has 1 aliphatic rings. The van der Waals surface area contributed by atoms with E-state index in [1.54, 1.807) is 11.6 Å². The van der Waals surface area contributed by atoms with Gasteiger partial charge >= 0.3 is 0 Å². The van der Waals surface area contributed by atoms with Gasteiger partial charge < -0.3 is 14.8 Å². The van der Waals surface area contributed by atoms with Crippen LogP contribution < -0.4 is 10.9 Å². The molecule has 160 valence electrons. The molecule has 2 heterocycles. The van der Waals surface area contributed by atoms with E-state index in [0.717, 1.165) is 0 Å². The molecule has 1 amide bonds. The highest BCUT2D eigenvalue weighted by Gasteiger charge is 2.34. The van der Waals surface area contributed by atoms with Crippen LogP contribution in [0.25, 0.3) is 0 Å². The van der Waals surface area contributed by atoms with Gasteiger partial charge in [0.15, 0.2) is 9.84 Å². The number of rotatable bonds is 13. The van der Waals surface area contributed by atoms with Crippen LogP contribution in [0.1, 0.15) is 12.6 Å². The first-order valence-electron chi connectivity index (χ1n) is 9.36. The maximum absolute atomic E-state index is 11.5. The number of ether oxygens (including phenoxy) is 2. The van der Waals surface area contributed by atoms with Crippen LogP contribution in [-0.2, 0) is 37.2 Å². The Morgan fingerprint density at radius 2 is 1.93 bits per heavy atom. The van der Waals surface area contributed by atoms with Crippen molar-refractivity contribution in [3.05, 3.63) is 17.8 Å². The van der Waals surface area contributed by atoms with E-state index < -0.39 is 9.84 Å². The molecule has 10 nitrogen and oxygen atoms in total. The molecule has 0 atom stereocenters. The average Bonchev–Trinajstić information content (AvgIpc) is 2.94. The highest BCUT2D eigenvalue weighted by molar-refractivity contribution is 7.91. The number of nitrogens with one attached hydrogen (secondary N) is 1. The number of carbonyl (C=O) groups excluding carboxylic acids is 1. The number of hydrogen-bond acceptors (Lipinski definition) is 8. The van der Waals surface area contributed by atoms with Crippen molar-refractivity contribution in [3.8, 4) is 0 Å². The lowest BCUT2D eigenvalue weighted by atomic mass is 10.0. The maximum atomic E-state index is 11.5. The summed E-state index contributed by atoms with van der Waals surface area (Å²) in [6, 6.07) is 0. The van der Waals surface area contributed by atoms with Crippen molar-refractivity contribution in [3.63, 3.8) is 0 Å². The van der Waals surface area contributed by atoms with E-state index in [9.17, 15) is 13.2 Å². The fourth-order valence-corrected chi connectivity index (χ4v) is 3.59. The molecule has 1 saturated heterocycles. The van der Waals surface area contributed by atoms with Gasteiger partial charge in [0, 0.05) is 43.6 Å². The van der Waals surface area contributed by atoms with Gasteiger partial charge in [-0.3, -0.25) is 14.4 Å². The predicted molar refractivity (Wildman–Crippen MR) is 109 cm³/mol. The van der Waals surface area contributed by atoms with Crippen LogP contribution in [0.4, 0.5) is 0 Å². The Bertz CT molecular complexity index is 807. The lowest BCUT2D eigenvalue weighted by molar-refractivity contribution is -0.117. The lowest BCUT2D eigenvalue weighted by Gasteiger charge is -2.37.